The maximum atomic E-state index is 11.8. The molecular formula is C12H14BrNO2. The third-order valence-corrected chi connectivity index (χ3v) is 3.40. The Hall–Kier alpha value is -1.03. The smallest absolute Gasteiger partial charge is 0.228 e. The Morgan fingerprint density at radius 1 is 1.50 bits per heavy atom. The number of hydrogen-bond acceptors (Lipinski definition) is 2. The van der Waals surface area contributed by atoms with Crippen molar-refractivity contribution in [2.75, 3.05) is 18.6 Å². The topological polar surface area (TPSA) is 29.5 Å². The molecule has 1 aliphatic heterocycles. The van der Waals surface area contributed by atoms with Crippen molar-refractivity contribution in [1.29, 1.82) is 0 Å². The van der Waals surface area contributed by atoms with Gasteiger partial charge < -0.3 is 9.64 Å². The fourth-order valence-corrected chi connectivity index (χ4v) is 2.47. The molecule has 1 atom stereocenters. The van der Waals surface area contributed by atoms with Crippen molar-refractivity contribution in [2.24, 2.45) is 0 Å². The highest BCUT2D eigenvalue weighted by Crippen LogP contribution is 2.30. The number of methoxy groups -OCH3 is 1. The molecule has 1 aromatic rings. The van der Waals surface area contributed by atoms with Crippen LogP contribution in [-0.2, 0) is 4.79 Å². The standard InChI is InChI=1S/C12H14BrNO2/c1-8-3-4-10(16-2)6-11(8)14-7-9(13)5-12(14)15/h3-4,6,9H,5,7H2,1-2H3. The van der Waals surface area contributed by atoms with Crippen LogP contribution in [0.1, 0.15) is 12.0 Å². The van der Waals surface area contributed by atoms with Gasteiger partial charge >= 0.3 is 0 Å². The summed E-state index contributed by atoms with van der Waals surface area (Å²) < 4.78 is 5.18. The minimum absolute atomic E-state index is 0.165. The molecule has 0 aromatic heterocycles. The van der Waals surface area contributed by atoms with Crippen LogP contribution in [0.15, 0.2) is 18.2 Å². The summed E-state index contributed by atoms with van der Waals surface area (Å²) in [4.78, 5) is 13.9. The molecule has 2 rings (SSSR count). The van der Waals surface area contributed by atoms with Crippen molar-refractivity contribution in [3.8, 4) is 5.75 Å². The second-order valence-electron chi connectivity index (χ2n) is 3.96. The number of anilines is 1. The lowest BCUT2D eigenvalue weighted by Gasteiger charge is -2.19. The van der Waals surface area contributed by atoms with Gasteiger partial charge in [0.1, 0.15) is 5.75 Å². The summed E-state index contributed by atoms with van der Waals surface area (Å²) in [5, 5.41) is 0. The van der Waals surface area contributed by atoms with Crippen LogP contribution in [0, 0.1) is 6.92 Å². The molecule has 1 saturated heterocycles. The lowest BCUT2D eigenvalue weighted by Crippen LogP contribution is -2.25. The van der Waals surface area contributed by atoms with E-state index in [0.29, 0.717) is 6.42 Å². The van der Waals surface area contributed by atoms with Gasteiger partial charge in [-0.05, 0) is 18.6 Å². The van der Waals surface area contributed by atoms with Crippen LogP contribution < -0.4 is 9.64 Å². The highest BCUT2D eigenvalue weighted by atomic mass is 79.9. The Labute approximate surface area is 104 Å². The van der Waals surface area contributed by atoms with Crippen molar-refractivity contribution in [3.63, 3.8) is 0 Å². The van der Waals surface area contributed by atoms with Crippen LogP contribution in [0.5, 0.6) is 5.75 Å². The molecule has 1 amide bonds. The molecule has 1 fully saturated rings. The van der Waals surface area contributed by atoms with Gasteiger partial charge in [0.05, 0.1) is 12.8 Å². The molecule has 86 valence electrons. The quantitative estimate of drug-likeness (QED) is 0.781. The summed E-state index contributed by atoms with van der Waals surface area (Å²) in [7, 11) is 1.63. The number of amides is 1. The first-order valence-electron chi connectivity index (χ1n) is 5.21. The zero-order valence-corrected chi connectivity index (χ0v) is 11.0. The first kappa shape index (κ1) is 11.5. The van der Waals surface area contributed by atoms with Crippen molar-refractivity contribution in [3.05, 3.63) is 23.8 Å². The third kappa shape index (κ3) is 2.07. The summed E-state index contributed by atoms with van der Waals surface area (Å²) in [5.74, 6) is 0.949. The molecular weight excluding hydrogens is 270 g/mol. The van der Waals surface area contributed by atoms with E-state index >= 15 is 0 Å². The van der Waals surface area contributed by atoms with Gasteiger partial charge in [-0.2, -0.15) is 0 Å². The number of carbonyl (C=O) groups is 1. The predicted molar refractivity (Wildman–Crippen MR) is 67.4 cm³/mol. The molecule has 0 radical (unpaired) electrons. The molecule has 0 saturated carbocycles. The molecule has 0 spiro atoms. The van der Waals surface area contributed by atoms with E-state index in [1.807, 2.05) is 30.0 Å². The Morgan fingerprint density at radius 2 is 2.25 bits per heavy atom. The maximum Gasteiger partial charge on any atom is 0.228 e. The molecule has 4 heteroatoms. The largest absolute Gasteiger partial charge is 0.497 e. The van der Waals surface area contributed by atoms with E-state index in [4.69, 9.17) is 4.74 Å². The molecule has 1 heterocycles. The maximum absolute atomic E-state index is 11.8. The number of ether oxygens (including phenoxy) is 1. The number of carbonyl (C=O) groups excluding carboxylic acids is 1. The van der Waals surface area contributed by atoms with E-state index in [-0.39, 0.29) is 10.7 Å². The van der Waals surface area contributed by atoms with E-state index < -0.39 is 0 Å². The van der Waals surface area contributed by atoms with Crippen molar-refractivity contribution >= 4 is 27.5 Å². The van der Waals surface area contributed by atoms with Gasteiger partial charge in [0, 0.05) is 23.9 Å². The summed E-state index contributed by atoms with van der Waals surface area (Å²) in [6, 6.07) is 5.80. The normalized spacial score (nSPS) is 20.3. The van der Waals surface area contributed by atoms with Gasteiger partial charge in [-0.25, -0.2) is 0 Å². The van der Waals surface area contributed by atoms with Gasteiger partial charge in [-0.3, -0.25) is 4.79 Å². The first-order valence-corrected chi connectivity index (χ1v) is 6.12. The number of aryl methyl sites for hydroxylation is 1. The predicted octanol–water partition coefficient (Wildman–Crippen LogP) is 2.50. The van der Waals surface area contributed by atoms with Crippen LogP contribution in [0.3, 0.4) is 0 Å². The Kier molecular flexibility index (Phi) is 3.19. The highest BCUT2D eigenvalue weighted by molar-refractivity contribution is 9.09. The average molecular weight is 284 g/mol. The highest BCUT2D eigenvalue weighted by Gasteiger charge is 2.29. The number of hydrogen-bond donors (Lipinski definition) is 0. The number of nitrogens with zero attached hydrogens (tertiary/aromatic N) is 1. The Balaban J connectivity index is 2.35. The summed E-state index contributed by atoms with van der Waals surface area (Å²) in [5.41, 5.74) is 2.04. The molecule has 16 heavy (non-hydrogen) atoms. The summed E-state index contributed by atoms with van der Waals surface area (Å²) in [6.45, 7) is 2.73. The van der Waals surface area contributed by atoms with Crippen molar-refractivity contribution in [2.45, 2.75) is 18.2 Å². The lowest BCUT2D eigenvalue weighted by molar-refractivity contribution is -0.117. The second-order valence-corrected chi connectivity index (χ2v) is 5.25. The van der Waals surface area contributed by atoms with Crippen LogP contribution in [0.2, 0.25) is 0 Å². The van der Waals surface area contributed by atoms with Gasteiger partial charge in [0.2, 0.25) is 5.91 Å². The van der Waals surface area contributed by atoms with Crippen molar-refractivity contribution < 1.29 is 9.53 Å². The number of alkyl halides is 1. The molecule has 0 aliphatic carbocycles. The van der Waals surface area contributed by atoms with Crippen molar-refractivity contribution in [1.82, 2.24) is 0 Å². The van der Waals surface area contributed by atoms with Gasteiger partial charge in [-0.15, -0.1) is 0 Å². The average Bonchev–Trinajstić information content (AvgIpc) is 2.58. The lowest BCUT2D eigenvalue weighted by atomic mass is 10.1. The van der Waals surface area contributed by atoms with E-state index in [2.05, 4.69) is 15.9 Å². The number of rotatable bonds is 2. The van der Waals surface area contributed by atoms with E-state index in [9.17, 15) is 4.79 Å². The minimum Gasteiger partial charge on any atom is -0.497 e. The van der Waals surface area contributed by atoms with E-state index in [1.165, 1.54) is 0 Å². The zero-order chi connectivity index (χ0) is 11.7. The van der Waals surface area contributed by atoms with Crippen LogP contribution >= 0.6 is 15.9 Å². The van der Waals surface area contributed by atoms with E-state index in [0.717, 1.165) is 23.5 Å². The zero-order valence-electron chi connectivity index (χ0n) is 9.37. The molecule has 0 N–H and O–H groups in total. The molecule has 1 aliphatic rings. The molecule has 3 nitrogen and oxygen atoms in total. The SMILES string of the molecule is COc1ccc(C)c(N2CC(Br)CC2=O)c1. The van der Waals surface area contributed by atoms with Gasteiger partial charge in [0.25, 0.3) is 0 Å². The molecule has 1 unspecified atom stereocenters. The first-order chi connectivity index (χ1) is 7.61. The molecule has 1 aromatic carbocycles. The fourth-order valence-electron chi connectivity index (χ4n) is 1.90. The second kappa shape index (κ2) is 4.45. The monoisotopic (exact) mass is 283 g/mol. The number of halogens is 1. The van der Waals surface area contributed by atoms with Gasteiger partial charge in [0.15, 0.2) is 0 Å². The summed E-state index contributed by atoms with van der Waals surface area (Å²) in [6.07, 6.45) is 0.566. The minimum atomic E-state index is 0.165. The summed E-state index contributed by atoms with van der Waals surface area (Å²) >= 11 is 3.48. The van der Waals surface area contributed by atoms with Crippen LogP contribution in [0.25, 0.3) is 0 Å². The van der Waals surface area contributed by atoms with Gasteiger partial charge in [-0.1, -0.05) is 22.0 Å². The third-order valence-electron chi connectivity index (χ3n) is 2.78. The van der Waals surface area contributed by atoms with Crippen LogP contribution in [0.4, 0.5) is 5.69 Å². The molecule has 0 bridgehead atoms. The Bertz CT molecular complexity index is 419. The van der Waals surface area contributed by atoms with Crippen LogP contribution in [-0.4, -0.2) is 24.4 Å². The van der Waals surface area contributed by atoms with E-state index in [1.54, 1.807) is 7.11 Å². The Morgan fingerprint density at radius 3 is 2.81 bits per heavy atom. The fraction of sp³-hybridized carbons (Fsp3) is 0.417. The number of benzene rings is 1.